The molecule has 1 aliphatic heterocycles. The van der Waals surface area contributed by atoms with Gasteiger partial charge in [-0.2, -0.15) is 31.4 Å². The van der Waals surface area contributed by atoms with Crippen LogP contribution in [0.25, 0.3) is 5.69 Å². The number of alkyl halides is 6. The van der Waals surface area contributed by atoms with Crippen molar-refractivity contribution in [1.29, 1.82) is 0 Å². The van der Waals surface area contributed by atoms with E-state index in [2.05, 4.69) is 10.4 Å². The second-order valence-electron chi connectivity index (χ2n) is 7.44. The maximum absolute atomic E-state index is 13.2. The van der Waals surface area contributed by atoms with Gasteiger partial charge in [0.05, 0.1) is 34.0 Å². The molecule has 1 aliphatic rings. The van der Waals surface area contributed by atoms with E-state index >= 15 is 0 Å². The fourth-order valence-electron chi connectivity index (χ4n) is 3.41. The summed E-state index contributed by atoms with van der Waals surface area (Å²) in [5.41, 5.74) is -3.72. The molecule has 0 aliphatic carbocycles. The topological polar surface area (TPSA) is 81.1 Å². The Kier molecular flexibility index (Phi) is 5.67. The summed E-state index contributed by atoms with van der Waals surface area (Å²) >= 11 is 5.86. The lowest BCUT2D eigenvalue weighted by Gasteiger charge is -2.15. The molecule has 0 fully saturated rings. The zero-order valence-electron chi connectivity index (χ0n) is 16.6. The molecule has 34 heavy (non-hydrogen) atoms. The van der Waals surface area contributed by atoms with E-state index < -0.39 is 56.3 Å². The number of amides is 1. The maximum Gasteiger partial charge on any atom is 0.416 e. The van der Waals surface area contributed by atoms with Crippen molar-refractivity contribution in [2.45, 2.75) is 23.9 Å². The Morgan fingerprint density at radius 1 is 0.941 bits per heavy atom. The number of fused-ring (bicyclic) bond motifs is 1. The summed E-state index contributed by atoms with van der Waals surface area (Å²) in [4.78, 5) is 12.8. The number of carbonyl (C=O) groups excluding carboxylic acids is 1. The molecule has 0 bridgehead atoms. The molecule has 0 spiro atoms. The van der Waals surface area contributed by atoms with E-state index in [4.69, 9.17) is 11.6 Å². The van der Waals surface area contributed by atoms with Gasteiger partial charge in [0, 0.05) is 16.1 Å². The van der Waals surface area contributed by atoms with Crippen LogP contribution in [-0.4, -0.2) is 24.1 Å². The summed E-state index contributed by atoms with van der Waals surface area (Å²) < 4.78 is 104. The SMILES string of the molecule is O=C(Nc1c2c(nn1-c1ccc(Cl)cc1)CS(=O)(=O)C2)c1cc(C(F)(F)F)cc(C(F)(F)F)c1. The lowest BCUT2D eigenvalue weighted by Crippen LogP contribution is -2.19. The summed E-state index contributed by atoms with van der Waals surface area (Å²) in [6.07, 6.45) is -10.3. The van der Waals surface area contributed by atoms with Crippen LogP contribution >= 0.6 is 11.6 Å². The van der Waals surface area contributed by atoms with Crippen molar-refractivity contribution in [2.24, 2.45) is 0 Å². The van der Waals surface area contributed by atoms with E-state index in [9.17, 15) is 39.6 Å². The number of nitrogens with one attached hydrogen (secondary N) is 1. The normalized spacial score (nSPS) is 15.3. The van der Waals surface area contributed by atoms with Gasteiger partial charge in [0.2, 0.25) is 0 Å². The predicted molar refractivity (Wildman–Crippen MR) is 109 cm³/mol. The van der Waals surface area contributed by atoms with E-state index in [1.165, 1.54) is 24.3 Å². The van der Waals surface area contributed by atoms with Gasteiger partial charge in [-0.15, -0.1) is 0 Å². The summed E-state index contributed by atoms with van der Waals surface area (Å²) in [6, 6.07) is 6.40. The zero-order valence-corrected chi connectivity index (χ0v) is 18.2. The number of halogens is 7. The lowest BCUT2D eigenvalue weighted by atomic mass is 10.0. The highest BCUT2D eigenvalue weighted by Gasteiger charge is 2.38. The molecule has 0 radical (unpaired) electrons. The standard InChI is InChI=1S/C20H12ClF6N3O3S/c21-13-1-3-14(4-2-13)30-17(15-8-34(32,33)9-16(15)29-30)28-18(31)10-5-11(19(22,23)24)7-12(6-10)20(25,26)27/h1-7H,8-9H2,(H,28,31). The third kappa shape index (κ3) is 4.75. The average Bonchev–Trinajstić information content (AvgIpc) is 3.19. The van der Waals surface area contributed by atoms with Gasteiger partial charge in [0.1, 0.15) is 5.82 Å². The number of carbonyl (C=O) groups is 1. The summed E-state index contributed by atoms with van der Waals surface area (Å²) in [7, 11) is -3.59. The molecule has 3 aromatic rings. The van der Waals surface area contributed by atoms with E-state index in [1.54, 1.807) is 0 Å². The quantitative estimate of drug-likeness (QED) is 0.476. The lowest BCUT2D eigenvalue weighted by molar-refractivity contribution is -0.143. The molecule has 14 heteroatoms. The van der Waals surface area contributed by atoms with Gasteiger partial charge in [-0.05, 0) is 42.5 Å². The zero-order chi connectivity index (χ0) is 25.1. The van der Waals surface area contributed by atoms with Gasteiger partial charge in [0.15, 0.2) is 9.84 Å². The van der Waals surface area contributed by atoms with Crippen LogP contribution < -0.4 is 5.32 Å². The van der Waals surface area contributed by atoms with Crippen LogP contribution in [0.15, 0.2) is 42.5 Å². The van der Waals surface area contributed by atoms with Crippen molar-refractivity contribution < 1.29 is 39.6 Å². The molecule has 2 aromatic carbocycles. The maximum atomic E-state index is 13.2. The first kappa shape index (κ1) is 24.1. The van der Waals surface area contributed by atoms with Crippen LogP contribution in [0.2, 0.25) is 5.02 Å². The van der Waals surface area contributed by atoms with Crippen LogP contribution in [0.5, 0.6) is 0 Å². The molecule has 2 heterocycles. The molecule has 4 rings (SSSR count). The van der Waals surface area contributed by atoms with Crippen LogP contribution in [0.1, 0.15) is 32.7 Å². The van der Waals surface area contributed by atoms with Gasteiger partial charge < -0.3 is 5.32 Å². The van der Waals surface area contributed by atoms with Crippen molar-refractivity contribution in [1.82, 2.24) is 9.78 Å². The van der Waals surface area contributed by atoms with Crippen molar-refractivity contribution in [3.8, 4) is 5.69 Å². The fourth-order valence-corrected chi connectivity index (χ4v) is 5.03. The van der Waals surface area contributed by atoms with Crippen LogP contribution in [0.4, 0.5) is 32.2 Å². The van der Waals surface area contributed by atoms with Gasteiger partial charge in [-0.1, -0.05) is 11.6 Å². The minimum Gasteiger partial charge on any atom is -0.306 e. The minimum absolute atomic E-state index is 0.0892. The Balaban J connectivity index is 1.80. The Morgan fingerprint density at radius 2 is 1.50 bits per heavy atom. The molecular weight excluding hydrogens is 512 g/mol. The van der Waals surface area contributed by atoms with Crippen LogP contribution in [-0.2, 0) is 33.7 Å². The Labute approximate surface area is 193 Å². The molecule has 0 saturated heterocycles. The second kappa shape index (κ2) is 8.01. The number of nitrogens with zero attached hydrogens (tertiary/aromatic N) is 2. The third-order valence-electron chi connectivity index (χ3n) is 4.94. The first-order valence-corrected chi connectivity index (χ1v) is 11.5. The van der Waals surface area contributed by atoms with E-state index in [1.807, 2.05) is 0 Å². The first-order valence-electron chi connectivity index (χ1n) is 9.32. The Bertz CT molecular complexity index is 1360. The number of aromatic nitrogens is 2. The summed E-state index contributed by atoms with van der Waals surface area (Å²) in [5.74, 6) is -2.44. The molecule has 0 saturated carbocycles. The van der Waals surface area contributed by atoms with Crippen molar-refractivity contribution in [2.75, 3.05) is 5.32 Å². The number of sulfone groups is 1. The summed E-state index contributed by atoms with van der Waals surface area (Å²) in [5, 5.41) is 6.77. The molecule has 0 atom stereocenters. The smallest absolute Gasteiger partial charge is 0.306 e. The second-order valence-corrected chi connectivity index (χ2v) is 9.94. The Hall–Kier alpha value is -3.06. The molecule has 1 aromatic heterocycles. The molecule has 1 N–H and O–H groups in total. The number of anilines is 1. The van der Waals surface area contributed by atoms with Gasteiger partial charge in [-0.3, -0.25) is 4.79 Å². The van der Waals surface area contributed by atoms with Gasteiger partial charge in [0.25, 0.3) is 5.91 Å². The summed E-state index contributed by atoms with van der Waals surface area (Å²) in [6.45, 7) is 0. The molecule has 6 nitrogen and oxygen atoms in total. The highest BCUT2D eigenvalue weighted by atomic mass is 35.5. The highest BCUT2D eigenvalue weighted by Crippen LogP contribution is 2.37. The minimum atomic E-state index is -5.14. The predicted octanol–water partition coefficient (Wildman–Crippen LogP) is 5.24. The number of hydrogen-bond donors (Lipinski definition) is 1. The van der Waals surface area contributed by atoms with Crippen LogP contribution in [0.3, 0.4) is 0 Å². The molecule has 180 valence electrons. The van der Waals surface area contributed by atoms with Gasteiger partial charge in [-0.25, -0.2) is 13.1 Å². The van der Waals surface area contributed by atoms with Crippen molar-refractivity contribution >= 4 is 33.2 Å². The molecule has 1 amide bonds. The van der Waals surface area contributed by atoms with Crippen molar-refractivity contribution in [3.05, 3.63) is 75.4 Å². The average molecular weight is 524 g/mol. The monoisotopic (exact) mass is 523 g/mol. The van der Waals surface area contributed by atoms with E-state index in [0.717, 1.165) is 4.68 Å². The third-order valence-corrected chi connectivity index (χ3v) is 6.63. The fraction of sp³-hybridized carbons (Fsp3) is 0.200. The van der Waals surface area contributed by atoms with E-state index in [-0.39, 0.29) is 35.3 Å². The van der Waals surface area contributed by atoms with E-state index in [0.29, 0.717) is 10.7 Å². The van der Waals surface area contributed by atoms with Crippen molar-refractivity contribution in [3.63, 3.8) is 0 Å². The Morgan fingerprint density at radius 3 is 2.03 bits per heavy atom. The number of rotatable bonds is 3. The van der Waals surface area contributed by atoms with Gasteiger partial charge >= 0.3 is 12.4 Å². The molecular formula is C20H12ClF6N3O3S. The highest BCUT2D eigenvalue weighted by molar-refractivity contribution is 7.90. The van der Waals surface area contributed by atoms with Crippen LogP contribution in [0, 0.1) is 0 Å². The number of hydrogen-bond acceptors (Lipinski definition) is 4. The first-order chi connectivity index (χ1) is 15.6. The molecule has 0 unspecified atom stereocenters. The largest absolute Gasteiger partial charge is 0.416 e. The number of benzene rings is 2.